The summed E-state index contributed by atoms with van der Waals surface area (Å²) in [5.41, 5.74) is 1.19. The third-order valence-corrected chi connectivity index (χ3v) is 4.98. The Hall–Kier alpha value is -3.10. The zero-order valence-corrected chi connectivity index (χ0v) is 17.0. The average molecular weight is 449 g/mol. The standard InChI is InChI=1S/C20H15Cl2FN4O3/c21-13-3-1-2-12(8-13)10-26-6-7-27-11-17(30-20(27)25-19(26)29)18(28)24-14-4-5-16(23)15(22)9-14/h1-5,8-9,11H,6-7,10H2,(H,24,28). The Morgan fingerprint density at radius 1 is 1.20 bits per heavy atom. The van der Waals surface area contributed by atoms with Crippen LogP contribution in [0.5, 0.6) is 0 Å². The van der Waals surface area contributed by atoms with Crippen LogP contribution in [0.4, 0.5) is 14.9 Å². The first kappa shape index (κ1) is 20.2. The highest BCUT2D eigenvalue weighted by Crippen LogP contribution is 2.23. The van der Waals surface area contributed by atoms with Crippen molar-refractivity contribution in [2.75, 3.05) is 18.4 Å². The summed E-state index contributed by atoms with van der Waals surface area (Å²) in [7, 11) is 0. The van der Waals surface area contributed by atoms with Crippen molar-refractivity contribution in [3.8, 4) is 0 Å². The molecule has 0 spiro atoms. The second kappa shape index (κ2) is 8.33. The van der Waals surface area contributed by atoms with E-state index in [0.717, 1.165) is 11.6 Å². The summed E-state index contributed by atoms with van der Waals surface area (Å²) >= 11 is 11.7. The summed E-state index contributed by atoms with van der Waals surface area (Å²) in [6.07, 6.45) is 1.47. The summed E-state index contributed by atoms with van der Waals surface area (Å²) in [5, 5.41) is 3.04. The first-order valence-corrected chi connectivity index (χ1v) is 9.69. The minimum absolute atomic E-state index is 0.0240. The molecule has 0 fully saturated rings. The smallest absolute Gasteiger partial charge is 0.348 e. The molecule has 10 heteroatoms. The fourth-order valence-corrected chi connectivity index (χ4v) is 3.37. The maximum Gasteiger partial charge on any atom is 0.348 e. The molecule has 0 bridgehead atoms. The molecule has 0 saturated carbocycles. The predicted octanol–water partition coefficient (Wildman–Crippen LogP) is 4.24. The summed E-state index contributed by atoms with van der Waals surface area (Å²) in [6.45, 7) is 1.12. The van der Waals surface area contributed by atoms with E-state index in [1.807, 2.05) is 12.1 Å². The largest absolute Gasteiger partial charge is 0.418 e. The van der Waals surface area contributed by atoms with Crippen LogP contribution in [0.25, 0.3) is 0 Å². The van der Waals surface area contributed by atoms with E-state index in [0.29, 0.717) is 30.3 Å². The number of carbonyl (C=O) groups excluding carboxylic acids is 2. The molecule has 1 N–H and O–H groups in total. The number of ether oxygens (including phenoxy) is 1. The number of carbonyl (C=O) groups is 2. The second-order valence-corrected chi connectivity index (χ2v) is 7.44. The number of halogens is 3. The van der Waals surface area contributed by atoms with Crippen molar-refractivity contribution >= 4 is 46.8 Å². The van der Waals surface area contributed by atoms with Crippen LogP contribution in [0.1, 0.15) is 5.56 Å². The van der Waals surface area contributed by atoms with E-state index in [1.165, 1.54) is 18.3 Å². The van der Waals surface area contributed by atoms with Gasteiger partial charge in [0, 0.05) is 30.3 Å². The van der Waals surface area contributed by atoms with Gasteiger partial charge in [0.05, 0.1) is 11.2 Å². The monoisotopic (exact) mass is 448 g/mol. The van der Waals surface area contributed by atoms with Gasteiger partial charge in [0.15, 0.2) is 0 Å². The molecule has 3 amide bonds. The highest BCUT2D eigenvalue weighted by Gasteiger charge is 2.31. The molecule has 4 rings (SSSR count). The number of nitrogens with zero attached hydrogens (tertiary/aromatic N) is 3. The van der Waals surface area contributed by atoms with Gasteiger partial charge in [0.25, 0.3) is 5.91 Å². The number of benzene rings is 2. The Morgan fingerprint density at radius 2 is 2.03 bits per heavy atom. The summed E-state index contributed by atoms with van der Waals surface area (Å²) in [4.78, 5) is 32.1. The molecular formula is C20H15Cl2FN4O3. The van der Waals surface area contributed by atoms with Gasteiger partial charge in [-0.3, -0.25) is 9.69 Å². The van der Waals surface area contributed by atoms with Crippen LogP contribution in [-0.4, -0.2) is 40.8 Å². The molecule has 0 atom stereocenters. The van der Waals surface area contributed by atoms with Gasteiger partial charge in [-0.25, -0.2) is 9.18 Å². The Labute approximate surface area is 181 Å². The van der Waals surface area contributed by atoms with E-state index in [9.17, 15) is 14.0 Å². The van der Waals surface area contributed by atoms with Crippen LogP contribution in [0.15, 0.2) is 59.4 Å². The normalized spacial score (nSPS) is 15.8. The van der Waals surface area contributed by atoms with Crippen LogP contribution in [0.2, 0.25) is 10.0 Å². The second-order valence-electron chi connectivity index (χ2n) is 6.60. The quantitative estimate of drug-likeness (QED) is 0.758. The minimum Gasteiger partial charge on any atom is -0.418 e. The molecule has 30 heavy (non-hydrogen) atoms. The number of fused-ring (bicyclic) bond motifs is 1. The van der Waals surface area contributed by atoms with E-state index < -0.39 is 17.8 Å². The zero-order chi connectivity index (χ0) is 21.3. The van der Waals surface area contributed by atoms with Gasteiger partial charge < -0.3 is 15.0 Å². The molecule has 2 aliphatic rings. The van der Waals surface area contributed by atoms with Crippen molar-refractivity contribution in [2.24, 2.45) is 4.99 Å². The lowest BCUT2D eigenvalue weighted by Gasteiger charge is -2.19. The Kier molecular flexibility index (Phi) is 5.61. The molecule has 0 aliphatic carbocycles. The highest BCUT2D eigenvalue weighted by atomic mass is 35.5. The third-order valence-electron chi connectivity index (χ3n) is 4.46. The molecule has 2 heterocycles. The number of amides is 3. The molecule has 0 unspecified atom stereocenters. The molecule has 154 valence electrons. The molecule has 7 nitrogen and oxygen atoms in total. The lowest BCUT2D eigenvalue weighted by Crippen LogP contribution is -2.31. The van der Waals surface area contributed by atoms with Gasteiger partial charge in [0.1, 0.15) is 5.82 Å². The minimum atomic E-state index is -0.588. The van der Waals surface area contributed by atoms with Crippen molar-refractivity contribution in [1.29, 1.82) is 0 Å². The van der Waals surface area contributed by atoms with Crippen molar-refractivity contribution in [3.05, 3.63) is 75.8 Å². The summed E-state index contributed by atoms with van der Waals surface area (Å²) < 4.78 is 18.7. The molecule has 2 aromatic carbocycles. The number of hydrogen-bond donors (Lipinski definition) is 1. The van der Waals surface area contributed by atoms with Crippen LogP contribution in [-0.2, 0) is 16.1 Å². The first-order chi connectivity index (χ1) is 14.4. The van der Waals surface area contributed by atoms with Crippen LogP contribution < -0.4 is 5.32 Å². The van der Waals surface area contributed by atoms with Gasteiger partial charge in [-0.05, 0) is 35.9 Å². The van der Waals surface area contributed by atoms with E-state index in [-0.39, 0.29) is 16.8 Å². The third kappa shape index (κ3) is 4.39. The number of aliphatic imine (C=N–C) groups is 1. The zero-order valence-electron chi connectivity index (χ0n) is 15.4. The van der Waals surface area contributed by atoms with E-state index in [1.54, 1.807) is 21.9 Å². The molecule has 0 saturated heterocycles. The fourth-order valence-electron chi connectivity index (χ4n) is 2.98. The Morgan fingerprint density at radius 3 is 2.80 bits per heavy atom. The number of rotatable bonds is 4. The average Bonchev–Trinajstić information content (AvgIpc) is 3.04. The lowest BCUT2D eigenvalue weighted by molar-refractivity contribution is -0.114. The molecule has 0 aromatic heterocycles. The number of anilines is 1. The molecular weight excluding hydrogens is 434 g/mol. The van der Waals surface area contributed by atoms with E-state index >= 15 is 0 Å². The van der Waals surface area contributed by atoms with Gasteiger partial charge >= 0.3 is 12.1 Å². The lowest BCUT2D eigenvalue weighted by atomic mass is 10.2. The molecule has 0 radical (unpaired) electrons. The van der Waals surface area contributed by atoms with Crippen LogP contribution in [0.3, 0.4) is 0 Å². The van der Waals surface area contributed by atoms with Gasteiger partial charge in [0.2, 0.25) is 5.76 Å². The number of nitrogens with one attached hydrogen (secondary N) is 1. The van der Waals surface area contributed by atoms with E-state index in [4.69, 9.17) is 27.9 Å². The Bertz CT molecular complexity index is 1090. The van der Waals surface area contributed by atoms with Crippen LogP contribution >= 0.6 is 23.2 Å². The highest BCUT2D eigenvalue weighted by molar-refractivity contribution is 6.31. The SMILES string of the molecule is O=C(Nc1ccc(F)c(Cl)c1)C1=CN2CCN(Cc3cccc(Cl)c3)C(=O)N=C2O1. The number of hydrogen-bond acceptors (Lipinski definition) is 4. The van der Waals surface area contributed by atoms with E-state index in [2.05, 4.69) is 10.3 Å². The first-order valence-electron chi connectivity index (χ1n) is 8.94. The Balaban J connectivity index is 1.42. The van der Waals surface area contributed by atoms with Gasteiger partial charge in [-0.15, -0.1) is 4.99 Å². The maximum atomic E-state index is 13.3. The van der Waals surface area contributed by atoms with Crippen molar-refractivity contribution < 1.29 is 18.7 Å². The maximum absolute atomic E-state index is 13.3. The summed E-state index contributed by atoms with van der Waals surface area (Å²) in [6, 6.07) is 10.6. The predicted molar refractivity (Wildman–Crippen MR) is 111 cm³/mol. The fraction of sp³-hybridized carbons (Fsp3) is 0.150. The number of amidine groups is 1. The topological polar surface area (TPSA) is 74.2 Å². The van der Waals surface area contributed by atoms with Crippen molar-refractivity contribution in [1.82, 2.24) is 9.80 Å². The summed E-state index contributed by atoms with van der Waals surface area (Å²) in [5.74, 6) is -1.20. The molecule has 2 aliphatic heterocycles. The van der Waals surface area contributed by atoms with Gasteiger partial charge in [-0.1, -0.05) is 35.3 Å². The van der Waals surface area contributed by atoms with Crippen molar-refractivity contribution in [3.63, 3.8) is 0 Å². The molecule has 2 aromatic rings. The van der Waals surface area contributed by atoms with Crippen LogP contribution in [0, 0.1) is 5.82 Å². The van der Waals surface area contributed by atoms with Gasteiger partial charge in [-0.2, -0.15) is 0 Å². The van der Waals surface area contributed by atoms with Crippen molar-refractivity contribution in [2.45, 2.75) is 6.54 Å². The number of urea groups is 1.